The molecule has 8 heteroatoms. The third-order valence-electron chi connectivity index (χ3n) is 3.98. The minimum atomic E-state index is -1.06. The van der Waals surface area contributed by atoms with E-state index in [9.17, 15) is 19.2 Å². The first kappa shape index (κ1) is 25.1. The molecule has 0 aliphatic carbocycles. The van der Waals surface area contributed by atoms with Crippen molar-refractivity contribution in [2.75, 3.05) is 0 Å². The number of carbonyl (C=O) groups is 4. The first-order valence-corrected chi connectivity index (χ1v) is 9.37. The average Bonchev–Trinajstić information content (AvgIpc) is 2.63. The molecule has 0 saturated carbocycles. The molecule has 0 aliphatic rings. The fourth-order valence-electron chi connectivity index (χ4n) is 2.41. The molecule has 0 aromatic heterocycles. The van der Waals surface area contributed by atoms with Crippen LogP contribution in [0.2, 0.25) is 0 Å². The molecular formula is C20H30N2O6. The van der Waals surface area contributed by atoms with Crippen molar-refractivity contribution in [3.05, 3.63) is 35.4 Å². The number of carboxylic acids is 2. The average molecular weight is 394 g/mol. The SMILES string of the molecule is NC(=O)CCCCCCCCCCC(N)=O.O=C(O)c1ccc(C(=O)O)cc1. The summed E-state index contributed by atoms with van der Waals surface area (Å²) < 4.78 is 0. The number of carbonyl (C=O) groups excluding carboxylic acids is 2. The third kappa shape index (κ3) is 14.3. The maximum Gasteiger partial charge on any atom is 0.335 e. The van der Waals surface area contributed by atoms with Crippen LogP contribution >= 0.6 is 0 Å². The lowest BCUT2D eigenvalue weighted by Crippen LogP contribution is -2.09. The van der Waals surface area contributed by atoms with E-state index >= 15 is 0 Å². The zero-order valence-electron chi connectivity index (χ0n) is 16.1. The highest BCUT2D eigenvalue weighted by atomic mass is 16.4. The van der Waals surface area contributed by atoms with Crippen LogP contribution in [0.3, 0.4) is 0 Å². The molecule has 0 spiro atoms. The summed E-state index contributed by atoms with van der Waals surface area (Å²) in [6.07, 6.45) is 9.77. The highest BCUT2D eigenvalue weighted by molar-refractivity contribution is 5.91. The number of carboxylic acid groups (broad SMARTS) is 2. The molecular weight excluding hydrogens is 364 g/mol. The van der Waals surface area contributed by atoms with Crippen LogP contribution in [0.15, 0.2) is 24.3 Å². The summed E-state index contributed by atoms with van der Waals surface area (Å²) in [7, 11) is 0. The maximum absolute atomic E-state index is 10.4. The van der Waals surface area contributed by atoms with E-state index in [-0.39, 0.29) is 22.9 Å². The molecule has 8 nitrogen and oxygen atoms in total. The number of nitrogens with two attached hydrogens (primary N) is 2. The zero-order valence-corrected chi connectivity index (χ0v) is 16.1. The number of primary amides is 2. The van der Waals surface area contributed by atoms with Crippen LogP contribution in [0.4, 0.5) is 0 Å². The lowest BCUT2D eigenvalue weighted by atomic mass is 10.1. The number of aromatic carboxylic acids is 2. The summed E-state index contributed by atoms with van der Waals surface area (Å²) in [6, 6.07) is 5.02. The first-order chi connectivity index (χ1) is 13.2. The van der Waals surface area contributed by atoms with Crippen molar-refractivity contribution < 1.29 is 29.4 Å². The van der Waals surface area contributed by atoms with Crippen molar-refractivity contribution in [1.29, 1.82) is 0 Å². The molecule has 0 bridgehead atoms. The number of rotatable bonds is 13. The summed E-state index contributed by atoms with van der Waals surface area (Å²) in [5.74, 6) is -2.53. The Balaban J connectivity index is 0.000000540. The molecule has 0 heterocycles. The number of benzene rings is 1. The van der Waals surface area contributed by atoms with E-state index in [4.69, 9.17) is 21.7 Å². The van der Waals surface area contributed by atoms with Gasteiger partial charge in [0.1, 0.15) is 0 Å². The topological polar surface area (TPSA) is 161 Å². The highest BCUT2D eigenvalue weighted by Crippen LogP contribution is 2.10. The molecule has 28 heavy (non-hydrogen) atoms. The van der Waals surface area contributed by atoms with Gasteiger partial charge in [0, 0.05) is 12.8 Å². The number of unbranched alkanes of at least 4 members (excludes halogenated alkanes) is 7. The van der Waals surface area contributed by atoms with E-state index in [1.54, 1.807) is 0 Å². The minimum Gasteiger partial charge on any atom is -0.478 e. The standard InChI is InChI=1S/C12H24N2O2.C8H6O4/c13-11(15)9-7-5-3-1-2-4-6-8-10-12(14)16;9-7(10)5-1-2-6(4-3-5)8(11)12/h1-10H2,(H2,13,15)(H2,14,16);1-4H,(H,9,10)(H,11,12). The molecule has 1 rings (SSSR count). The third-order valence-corrected chi connectivity index (χ3v) is 3.98. The number of hydrogen-bond acceptors (Lipinski definition) is 4. The van der Waals surface area contributed by atoms with E-state index in [0.29, 0.717) is 12.8 Å². The lowest BCUT2D eigenvalue weighted by molar-refractivity contribution is -0.119. The predicted molar refractivity (Wildman–Crippen MR) is 105 cm³/mol. The van der Waals surface area contributed by atoms with Gasteiger partial charge in [-0.25, -0.2) is 9.59 Å². The number of hydrogen-bond donors (Lipinski definition) is 4. The van der Waals surface area contributed by atoms with Crippen LogP contribution in [0.25, 0.3) is 0 Å². The summed E-state index contributed by atoms with van der Waals surface area (Å²) >= 11 is 0. The molecule has 0 atom stereocenters. The van der Waals surface area contributed by atoms with Gasteiger partial charge in [-0.3, -0.25) is 9.59 Å². The Morgan fingerprint density at radius 3 is 1.04 bits per heavy atom. The van der Waals surface area contributed by atoms with Gasteiger partial charge >= 0.3 is 11.9 Å². The Kier molecular flexibility index (Phi) is 13.6. The summed E-state index contributed by atoms with van der Waals surface area (Å²) in [5, 5.41) is 16.9. The Morgan fingerprint density at radius 2 is 0.821 bits per heavy atom. The molecule has 6 N–H and O–H groups in total. The Bertz CT molecular complexity index is 573. The lowest BCUT2D eigenvalue weighted by Gasteiger charge is -2.01. The van der Waals surface area contributed by atoms with E-state index < -0.39 is 11.9 Å². The van der Waals surface area contributed by atoms with Crippen molar-refractivity contribution in [2.24, 2.45) is 11.5 Å². The monoisotopic (exact) mass is 394 g/mol. The second-order valence-corrected chi connectivity index (χ2v) is 6.45. The van der Waals surface area contributed by atoms with Crippen LogP contribution in [0.5, 0.6) is 0 Å². The molecule has 0 unspecified atom stereocenters. The summed E-state index contributed by atoms with van der Waals surface area (Å²) in [4.78, 5) is 41.6. The maximum atomic E-state index is 10.4. The van der Waals surface area contributed by atoms with Crippen molar-refractivity contribution in [1.82, 2.24) is 0 Å². The van der Waals surface area contributed by atoms with Crippen molar-refractivity contribution in [3.8, 4) is 0 Å². The smallest absolute Gasteiger partial charge is 0.335 e. The van der Waals surface area contributed by atoms with Crippen LogP contribution in [0, 0.1) is 0 Å². The van der Waals surface area contributed by atoms with Crippen molar-refractivity contribution in [3.63, 3.8) is 0 Å². The normalized spacial score (nSPS) is 9.86. The van der Waals surface area contributed by atoms with Gasteiger partial charge in [0.05, 0.1) is 11.1 Å². The quantitative estimate of drug-likeness (QED) is 0.376. The van der Waals surface area contributed by atoms with Crippen LogP contribution in [-0.2, 0) is 9.59 Å². The molecule has 0 fully saturated rings. The molecule has 0 radical (unpaired) electrons. The Hall–Kier alpha value is -2.90. The van der Waals surface area contributed by atoms with Crippen LogP contribution in [0.1, 0.15) is 84.9 Å². The fourth-order valence-corrected chi connectivity index (χ4v) is 2.41. The Labute approximate surface area is 164 Å². The number of amides is 2. The Morgan fingerprint density at radius 1 is 0.571 bits per heavy atom. The van der Waals surface area contributed by atoms with Crippen LogP contribution in [-0.4, -0.2) is 34.0 Å². The molecule has 0 aliphatic heterocycles. The molecule has 1 aromatic rings. The molecule has 1 aromatic carbocycles. The van der Waals surface area contributed by atoms with Gasteiger partial charge in [0.15, 0.2) is 0 Å². The fraction of sp³-hybridized carbons (Fsp3) is 0.500. The van der Waals surface area contributed by atoms with Gasteiger partial charge in [0.25, 0.3) is 0 Å². The van der Waals surface area contributed by atoms with Gasteiger partial charge < -0.3 is 21.7 Å². The second-order valence-electron chi connectivity index (χ2n) is 6.45. The molecule has 0 saturated heterocycles. The van der Waals surface area contributed by atoms with E-state index in [1.165, 1.54) is 49.9 Å². The summed E-state index contributed by atoms with van der Waals surface area (Å²) in [6.45, 7) is 0. The largest absolute Gasteiger partial charge is 0.478 e. The summed E-state index contributed by atoms with van der Waals surface area (Å²) in [5.41, 5.74) is 10.2. The van der Waals surface area contributed by atoms with Gasteiger partial charge in [-0.05, 0) is 37.1 Å². The highest BCUT2D eigenvalue weighted by Gasteiger charge is 2.04. The van der Waals surface area contributed by atoms with Crippen molar-refractivity contribution >= 4 is 23.8 Å². The first-order valence-electron chi connectivity index (χ1n) is 9.37. The zero-order chi connectivity index (χ0) is 21.4. The van der Waals surface area contributed by atoms with E-state index in [0.717, 1.165) is 25.7 Å². The van der Waals surface area contributed by atoms with Gasteiger partial charge in [0.2, 0.25) is 11.8 Å². The molecule has 156 valence electrons. The van der Waals surface area contributed by atoms with Gasteiger partial charge in [-0.2, -0.15) is 0 Å². The van der Waals surface area contributed by atoms with Gasteiger partial charge in [-0.15, -0.1) is 0 Å². The van der Waals surface area contributed by atoms with Gasteiger partial charge in [-0.1, -0.05) is 38.5 Å². The minimum absolute atomic E-state index is 0.0833. The second kappa shape index (κ2) is 15.2. The molecule has 2 amide bonds. The van der Waals surface area contributed by atoms with Crippen molar-refractivity contribution in [2.45, 2.75) is 64.2 Å². The van der Waals surface area contributed by atoms with Crippen LogP contribution < -0.4 is 11.5 Å². The van der Waals surface area contributed by atoms with E-state index in [2.05, 4.69) is 0 Å². The van der Waals surface area contributed by atoms with E-state index in [1.807, 2.05) is 0 Å². The predicted octanol–water partition coefficient (Wildman–Crippen LogP) is 2.94.